The van der Waals surface area contributed by atoms with Gasteiger partial charge in [0.05, 0.1) is 0 Å². The molecule has 1 aromatic rings. The molecule has 0 spiro atoms. The average Bonchev–Trinajstić information content (AvgIpc) is 2.40. The molecule has 98 valence electrons. The van der Waals surface area contributed by atoms with Gasteiger partial charge >= 0.3 is 0 Å². The van der Waals surface area contributed by atoms with Gasteiger partial charge in [0, 0.05) is 38.9 Å². The lowest BCUT2D eigenvalue weighted by Gasteiger charge is -2.34. The number of piperazine rings is 1. The SMILES string of the molecule is CNCc1cnc(N2CCN(C=O)CC2)c(C)c1. The zero-order valence-corrected chi connectivity index (χ0v) is 11.0. The summed E-state index contributed by atoms with van der Waals surface area (Å²) < 4.78 is 0. The number of pyridine rings is 1. The first-order valence-electron chi connectivity index (χ1n) is 6.29. The lowest BCUT2D eigenvalue weighted by atomic mass is 10.2. The van der Waals surface area contributed by atoms with Crippen LogP contribution in [0.4, 0.5) is 5.82 Å². The van der Waals surface area contributed by atoms with Gasteiger partial charge in [-0.3, -0.25) is 4.79 Å². The van der Waals surface area contributed by atoms with Gasteiger partial charge < -0.3 is 15.1 Å². The molecule has 1 aliphatic rings. The summed E-state index contributed by atoms with van der Waals surface area (Å²) in [7, 11) is 1.93. The van der Waals surface area contributed by atoms with Crippen molar-refractivity contribution in [1.29, 1.82) is 0 Å². The maximum atomic E-state index is 10.7. The van der Waals surface area contributed by atoms with Crippen molar-refractivity contribution in [2.75, 3.05) is 38.1 Å². The van der Waals surface area contributed by atoms with E-state index < -0.39 is 0 Å². The van der Waals surface area contributed by atoms with E-state index in [-0.39, 0.29) is 0 Å². The van der Waals surface area contributed by atoms with E-state index in [2.05, 4.69) is 28.2 Å². The number of nitrogens with one attached hydrogen (secondary N) is 1. The van der Waals surface area contributed by atoms with Crippen molar-refractivity contribution in [2.24, 2.45) is 0 Å². The minimum Gasteiger partial charge on any atom is -0.353 e. The highest BCUT2D eigenvalue weighted by atomic mass is 16.1. The lowest BCUT2D eigenvalue weighted by molar-refractivity contribution is -0.118. The Morgan fingerprint density at radius 2 is 2.11 bits per heavy atom. The van der Waals surface area contributed by atoms with Crippen molar-refractivity contribution in [1.82, 2.24) is 15.2 Å². The molecule has 1 aromatic heterocycles. The molecule has 0 aliphatic carbocycles. The average molecular weight is 248 g/mol. The molecular formula is C13H20N4O. The van der Waals surface area contributed by atoms with E-state index in [0.29, 0.717) is 0 Å². The van der Waals surface area contributed by atoms with Crippen LogP contribution in [0, 0.1) is 6.92 Å². The molecule has 2 rings (SSSR count). The van der Waals surface area contributed by atoms with E-state index >= 15 is 0 Å². The number of amides is 1. The highest BCUT2D eigenvalue weighted by Crippen LogP contribution is 2.19. The Labute approximate surface area is 108 Å². The van der Waals surface area contributed by atoms with Crippen LogP contribution in [0.3, 0.4) is 0 Å². The molecule has 0 unspecified atom stereocenters. The number of aryl methyl sites for hydroxylation is 1. The van der Waals surface area contributed by atoms with Crippen LogP contribution in [0.15, 0.2) is 12.3 Å². The maximum Gasteiger partial charge on any atom is 0.209 e. The minimum absolute atomic E-state index is 0.781. The van der Waals surface area contributed by atoms with Crippen LogP contribution < -0.4 is 10.2 Å². The van der Waals surface area contributed by atoms with Crippen LogP contribution in [0.1, 0.15) is 11.1 Å². The largest absolute Gasteiger partial charge is 0.353 e. The molecule has 1 fully saturated rings. The molecular weight excluding hydrogens is 228 g/mol. The van der Waals surface area contributed by atoms with Crippen molar-refractivity contribution in [3.8, 4) is 0 Å². The number of anilines is 1. The minimum atomic E-state index is 0.781. The third kappa shape index (κ3) is 2.79. The molecule has 1 amide bonds. The second-order valence-corrected chi connectivity index (χ2v) is 4.64. The van der Waals surface area contributed by atoms with Crippen molar-refractivity contribution >= 4 is 12.2 Å². The standard InChI is InChI=1S/C13H20N4O/c1-11-7-12(8-14-2)9-15-13(11)17-5-3-16(10-18)4-6-17/h7,9-10,14H,3-6,8H2,1-2H3. The van der Waals surface area contributed by atoms with E-state index in [1.165, 1.54) is 11.1 Å². The smallest absolute Gasteiger partial charge is 0.209 e. The Morgan fingerprint density at radius 3 is 2.67 bits per heavy atom. The predicted molar refractivity (Wildman–Crippen MR) is 71.6 cm³/mol. The summed E-state index contributed by atoms with van der Waals surface area (Å²) in [6, 6.07) is 2.17. The number of carbonyl (C=O) groups excluding carboxylic acids is 1. The number of rotatable bonds is 4. The molecule has 0 aromatic carbocycles. The Bertz CT molecular complexity index is 413. The summed E-state index contributed by atoms with van der Waals surface area (Å²) in [5.41, 5.74) is 2.40. The Kier molecular flexibility index (Phi) is 4.15. The molecule has 0 atom stereocenters. The molecule has 2 heterocycles. The van der Waals surface area contributed by atoms with Gasteiger partial charge in [0.1, 0.15) is 5.82 Å². The maximum absolute atomic E-state index is 10.7. The summed E-state index contributed by atoms with van der Waals surface area (Å²) in [6.45, 7) is 6.21. The first-order chi connectivity index (χ1) is 8.74. The first-order valence-corrected chi connectivity index (χ1v) is 6.29. The molecule has 18 heavy (non-hydrogen) atoms. The third-order valence-electron chi connectivity index (χ3n) is 3.25. The summed E-state index contributed by atoms with van der Waals surface area (Å²) >= 11 is 0. The lowest BCUT2D eigenvalue weighted by Crippen LogP contribution is -2.46. The molecule has 1 saturated heterocycles. The van der Waals surface area contributed by atoms with Crippen LogP contribution in [0.25, 0.3) is 0 Å². The topological polar surface area (TPSA) is 48.5 Å². The normalized spacial score (nSPS) is 15.9. The van der Waals surface area contributed by atoms with E-state index in [9.17, 15) is 4.79 Å². The second kappa shape index (κ2) is 5.82. The predicted octanol–water partition coefficient (Wildman–Crippen LogP) is 0.388. The first kappa shape index (κ1) is 12.8. The third-order valence-corrected chi connectivity index (χ3v) is 3.25. The van der Waals surface area contributed by atoms with Gasteiger partial charge in [-0.25, -0.2) is 4.98 Å². The number of nitrogens with zero attached hydrogens (tertiary/aromatic N) is 3. The van der Waals surface area contributed by atoms with Gasteiger partial charge in [0.2, 0.25) is 6.41 Å². The zero-order valence-electron chi connectivity index (χ0n) is 11.0. The van der Waals surface area contributed by atoms with E-state index in [1.807, 2.05) is 13.2 Å². The van der Waals surface area contributed by atoms with E-state index in [4.69, 9.17) is 0 Å². The van der Waals surface area contributed by atoms with E-state index in [1.54, 1.807) is 4.90 Å². The fourth-order valence-electron chi connectivity index (χ4n) is 2.30. The Morgan fingerprint density at radius 1 is 1.39 bits per heavy atom. The monoisotopic (exact) mass is 248 g/mol. The molecule has 0 saturated carbocycles. The van der Waals surface area contributed by atoms with Crippen LogP contribution in [0.2, 0.25) is 0 Å². The van der Waals surface area contributed by atoms with Crippen molar-refractivity contribution < 1.29 is 4.79 Å². The summed E-state index contributed by atoms with van der Waals surface area (Å²) in [4.78, 5) is 19.3. The molecule has 0 radical (unpaired) electrons. The molecule has 1 N–H and O–H groups in total. The molecule has 5 heteroatoms. The van der Waals surface area contributed by atoms with Gasteiger partial charge in [0.25, 0.3) is 0 Å². The number of hydrogen-bond acceptors (Lipinski definition) is 4. The number of carbonyl (C=O) groups is 1. The fraction of sp³-hybridized carbons (Fsp3) is 0.538. The fourth-order valence-corrected chi connectivity index (χ4v) is 2.30. The van der Waals surface area contributed by atoms with Gasteiger partial charge in [-0.2, -0.15) is 0 Å². The van der Waals surface area contributed by atoms with Gasteiger partial charge in [0.15, 0.2) is 0 Å². The van der Waals surface area contributed by atoms with E-state index in [0.717, 1.165) is 45.0 Å². The second-order valence-electron chi connectivity index (χ2n) is 4.64. The van der Waals surface area contributed by atoms with Gasteiger partial charge in [-0.05, 0) is 31.2 Å². The Balaban J connectivity index is 2.07. The molecule has 1 aliphatic heterocycles. The van der Waals surface area contributed by atoms with Crippen LogP contribution in [0.5, 0.6) is 0 Å². The summed E-state index contributed by atoms with van der Waals surface area (Å²) in [5.74, 6) is 1.04. The highest BCUT2D eigenvalue weighted by Gasteiger charge is 2.18. The zero-order chi connectivity index (χ0) is 13.0. The van der Waals surface area contributed by atoms with Crippen LogP contribution in [-0.4, -0.2) is 49.5 Å². The van der Waals surface area contributed by atoms with Gasteiger partial charge in [-0.15, -0.1) is 0 Å². The van der Waals surface area contributed by atoms with Gasteiger partial charge in [-0.1, -0.05) is 0 Å². The van der Waals surface area contributed by atoms with Crippen molar-refractivity contribution in [2.45, 2.75) is 13.5 Å². The molecule has 0 bridgehead atoms. The van der Waals surface area contributed by atoms with Crippen molar-refractivity contribution in [3.05, 3.63) is 23.4 Å². The summed E-state index contributed by atoms with van der Waals surface area (Å²) in [6.07, 6.45) is 2.85. The van der Waals surface area contributed by atoms with Crippen LogP contribution in [-0.2, 0) is 11.3 Å². The quantitative estimate of drug-likeness (QED) is 0.783. The van der Waals surface area contributed by atoms with Crippen molar-refractivity contribution in [3.63, 3.8) is 0 Å². The number of hydrogen-bond donors (Lipinski definition) is 1. The summed E-state index contributed by atoms with van der Waals surface area (Å²) in [5, 5.41) is 3.12. The molecule has 5 nitrogen and oxygen atoms in total. The highest BCUT2D eigenvalue weighted by molar-refractivity contribution is 5.51. The van der Waals surface area contributed by atoms with Crippen LogP contribution >= 0.6 is 0 Å². The Hall–Kier alpha value is -1.62. The number of aromatic nitrogens is 1.